The van der Waals surface area contributed by atoms with Gasteiger partial charge in [0.15, 0.2) is 12.6 Å². The number of esters is 1. The van der Waals surface area contributed by atoms with E-state index in [9.17, 15) is 9.18 Å². The number of ether oxygens (including phenoxy) is 4. The van der Waals surface area contributed by atoms with Gasteiger partial charge < -0.3 is 23.8 Å². The molecule has 2 saturated heterocycles. The van der Waals surface area contributed by atoms with Crippen LogP contribution in [0, 0.1) is 11.6 Å². The number of carbonyl (C=O) groups is 1. The number of rotatable bonds is 12. The molecule has 2 aromatic carbocycles. The van der Waals surface area contributed by atoms with Gasteiger partial charge in [0, 0.05) is 45.4 Å². The van der Waals surface area contributed by atoms with Crippen LogP contribution in [-0.4, -0.2) is 91.8 Å². The summed E-state index contributed by atoms with van der Waals surface area (Å²) in [6.07, 6.45) is 2.99. The first-order chi connectivity index (χ1) is 22.7. The molecule has 0 aliphatic carbocycles. The first-order valence-corrected chi connectivity index (χ1v) is 15.7. The van der Waals surface area contributed by atoms with Gasteiger partial charge in [0.25, 0.3) is 0 Å². The fourth-order valence-electron chi connectivity index (χ4n) is 6.91. The summed E-state index contributed by atoms with van der Waals surface area (Å²) in [5, 5.41) is 1.44. The largest absolute Gasteiger partial charge is 0.469 e. The van der Waals surface area contributed by atoms with Crippen molar-refractivity contribution >= 4 is 33.5 Å². The second kappa shape index (κ2) is 13.5. The molecule has 0 bridgehead atoms. The minimum atomic E-state index is -0.946. The number of alkyl halides is 1. The molecule has 2 aliphatic heterocycles. The van der Waals surface area contributed by atoms with Crippen molar-refractivity contribution in [3.8, 4) is 23.0 Å². The van der Waals surface area contributed by atoms with E-state index < -0.39 is 29.3 Å². The summed E-state index contributed by atoms with van der Waals surface area (Å²) < 4.78 is 68.2. The van der Waals surface area contributed by atoms with E-state index in [0.717, 1.165) is 19.4 Å². The number of halogens is 3. The van der Waals surface area contributed by atoms with Crippen molar-refractivity contribution in [1.82, 2.24) is 19.9 Å². The quantitative estimate of drug-likeness (QED) is 0.142. The molecule has 250 valence electrons. The van der Waals surface area contributed by atoms with Crippen LogP contribution < -0.4 is 14.4 Å². The van der Waals surface area contributed by atoms with E-state index in [2.05, 4.69) is 19.9 Å². The number of hydrogen-bond acceptors (Lipinski definition) is 10. The number of pyridine rings is 1. The SMILES string of the molecule is CCc1c(F)ccc2cc(OCOC)cc(-c3ncc4c(N(C)CCC(=O)OC)nc(OC[C@@]56CCCN5C[C@H](F)C6)nc4c3F)c12. The molecule has 2 atom stereocenters. The second-order valence-corrected chi connectivity index (χ2v) is 12.1. The summed E-state index contributed by atoms with van der Waals surface area (Å²) in [6, 6.07) is 6.27. The van der Waals surface area contributed by atoms with Gasteiger partial charge in [-0.1, -0.05) is 13.0 Å². The lowest BCUT2D eigenvalue weighted by molar-refractivity contribution is -0.140. The Bertz CT molecular complexity index is 1810. The van der Waals surface area contributed by atoms with Gasteiger partial charge in [-0.05, 0) is 60.3 Å². The normalized spacial score (nSPS) is 19.3. The maximum atomic E-state index is 16.9. The summed E-state index contributed by atoms with van der Waals surface area (Å²) in [7, 11) is 4.51. The third-order valence-electron chi connectivity index (χ3n) is 9.21. The number of anilines is 1. The molecular formula is C34H38F3N5O5. The molecule has 0 amide bonds. The molecule has 2 aliphatic rings. The fourth-order valence-corrected chi connectivity index (χ4v) is 6.91. The Labute approximate surface area is 270 Å². The Balaban J connectivity index is 1.49. The number of methoxy groups -OCH3 is 2. The van der Waals surface area contributed by atoms with Crippen LogP contribution in [-0.2, 0) is 20.7 Å². The van der Waals surface area contributed by atoms with Gasteiger partial charge in [0.2, 0.25) is 0 Å². The van der Waals surface area contributed by atoms with E-state index in [4.69, 9.17) is 18.9 Å². The molecule has 0 radical (unpaired) electrons. The van der Waals surface area contributed by atoms with Gasteiger partial charge in [0.05, 0.1) is 24.5 Å². The molecule has 47 heavy (non-hydrogen) atoms. The zero-order chi connectivity index (χ0) is 33.3. The van der Waals surface area contributed by atoms with Crippen LogP contribution in [0.15, 0.2) is 30.5 Å². The van der Waals surface area contributed by atoms with Crippen molar-refractivity contribution < 1.29 is 36.9 Å². The molecule has 0 unspecified atom stereocenters. The Morgan fingerprint density at radius 1 is 1.17 bits per heavy atom. The van der Waals surface area contributed by atoms with Gasteiger partial charge in [-0.2, -0.15) is 9.97 Å². The molecule has 4 aromatic rings. The summed E-state index contributed by atoms with van der Waals surface area (Å²) >= 11 is 0. The number of benzene rings is 2. The van der Waals surface area contributed by atoms with Gasteiger partial charge in [-0.15, -0.1) is 0 Å². The average Bonchev–Trinajstić information content (AvgIpc) is 3.60. The Morgan fingerprint density at radius 3 is 2.77 bits per heavy atom. The first-order valence-electron chi connectivity index (χ1n) is 15.7. The van der Waals surface area contributed by atoms with Crippen LogP contribution in [0.3, 0.4) is 0 Å². The predicted octanol–water partition coefficient (Wildman–Crippen LogP) is 5.62. The zero-order valence-corrected chi connectivity index (χ0v) is 26.9. The minimum absolute atomic E-state index is 0.0440. The van der Waals surface area contributed by atoms with Crippen molar-refractivity contribution in [1.29, 1.82) is 0 Å². The standard InChI is InChI=1S/C34H38F3N5O5/c1-5-23-26(36)8-7-20-13-22(47-19-44-3)14-24(28(20)23)30-29(37)31-25(16-38-30)32(41(2)12-9-27(43)45-4)40-33(39-31)46-18-34-10-6-11-42(34)17-21(35)15-34/h7-8,13-14,16,21H,5-6,9-12,15,17-19H2,1-4H3/t21-,34+/m1/s1. The number of fused-ring (bicyclic) bond motifs is 3. The van der Waals surface area contributed by atoms with Crippen molar-refractivity contribution in [2.24, 2.45) is 0 Å². The molecule has 6 rings (SSSR count). The number of carbonyl (C=O) groups excluding carboxylic acids is 1. The molecule has 13 heteroatoms. The highest BCUT2D eigenvalue weighted by molar-refractivity contribution is 6.01. The molecule has 2 fully saturated rings. The van der Waals surface area contributed by atoms with Crippen LogP contribution in [0.4, 0.5) is 19.0 Å². The lowest BCUT2D eigenvalue weighted by Gasteiger charge is -2.31. The highest BCUT2D eigenvalue weighted by Gasteiger charge is 2.49. The molecular weight excluding hydrogens is 615 g/mol. The number of aryl methyl sites for hydroxylation is 1. The van der Waals surface area contributed by atoms with E-state index in [1.54, 1.807) is 30.1 Å². The number of nitrogens with zero attached hydrogens (tertiary/aromatic N) is 5. The molecule has 0 spiro atoms. The second-order valence-electron chi connectivity index (χ2n) is 12.1. The fraction of sp³-hybridized carbons (Fsp3) is 0.471. The highest BCUT2D eigenvalue weighted by Crippen LogP contribution is 2.42. The highest BCUT2D eigenvalue weighted by atomic mass is 19.1. The van der Waals surface area contributed by atoms with Crippen LogP contribution in [0.1, 0.15) is 38.2 Å². The van der Waals surface area contributed by atoms with Crippen LogP contribution >= 0.6 is 0 Å². The molecule has 2 aromatic heterocycles. The predicted molar refractivity (Wildman–Crippen MR) is 171 cm³/mol. The third-order valence-corrected chi connectivity index (χ3v) is 9.21. The summed E-state index contributed by atoms with van der Waals surface area (Å²) in [6.45, 7) is 3.29. The van der Waals surface area contributed by atoms with Crippen molar-refractivity contribution in [3.05, 3.63) is 47.7 Å². The molecule has 10 nitrogen and oxygen atoms in total. The Morgan fingerprint density at radius 2 is 2.00 bits per heavy atom. The Kier molecular flexibility index (Phi) is 9.38. The van der Waals surface area contributed by atoms with Crippen LogP contribution in [0.25, 0.3) is 32.9 Å². The number of aromatic nitrogens is 3. The van der Waals surface area contributed by atoms with Gasteiger partial charge in [0.1, 0.15) is 41.4 Å². The van der Waals surface area contributed by atoms with E-state index in [0.29, 0.717) is 52.9 Å². The van der Waals surface area contributed by atoms with E-state index in [1.807, 2.05) is 6.92 Å². The number of hydrogen-bond donors (Lipinski definition) is 0. The summed E-state index contributed by atoms with van der Waals surface area (Å²) in [5.74, 6) is -0.906. The summed E-state index contributed by atoms with van der Waals surface area (Å²) in [4.78, 5) is 29.4. The zero-order valence-electron chi connectivity index (χ0n) is 26.9. The Hall–Kier alpha value is -4.23. The van der Waals surface area contributed by atoms with E-state index >= 15 is 8.78 Å². The smallest absolute Gasteiger partial charge is 0.319 e. The third kappa shape index (κ3) is 6.26. The van der Waals surface area contributed by atoms with Crippen molar-refractivity contribution in [2.75, 3.05) is 59.2 Å². The van der Waals surface area contributed by atoms with Crippen LogP contribution in [0.2, 0.25) is 0 Å². The minimum Gasteiger partial charge on any atom is -0.469 e. The average molecular weight is 654 g/mol. The van der Waals surface area contributed by atoms with Crippen molar-refractivity contribution in [2.45, 2.75) is 50.7 Å². The molecule has 4 heterocycles. The van der Waals surface area contributed by atoms with E-state index in [-0.39, 0.29) is 49.0 Å². The lowest BCUT2D eigenvalue weighted by Crippen LogP contribution is -2.43. The summed E-state index contributed by atoms with van der Waals surface area (Å²) in [5.41, 5.74) is 0.136. The maximum Gasteiger partial charge on any atom is 0.319 e. The van der Waals surface area contributed by atoms with E-state index in [1.165, 1.54) is 26.5 Å². The first kappa shape index (κ1) is 32.7. The molecule has 0 saturated carbocycles. The van der Waals surface area contributed by atoms with Crippen LogP contribution in [0.5, 0.6) is 11.8 Å². The maximum absolute atomic E-state index is 16.9. The molecule has 0 N–H and O–H groups in total. The monoisotopic (exact) mass is 653 g/mol. The lowest BCUT2D eigenvalue weighted by atomic mass is 9.94. The van der Waals surface area contributed by atoms with Gasteiger partial charge in [-0.25, -0.2) is 13.2 Å². The van der Waals surface area contributed by atoms with Gasteiger partial charge >= 0.3 is 12.0 Å². The van der Waals surface area contributed by atoms with Crippen molar-refractivity contribution in [3.63, 3.8) is 0 Å². The topological polar surface area (TPSA) is 99.1 Å². The van der Waals surface area contributed by atoms with Gasteiger partial charge in [-0.3, -0.25) is 14.7 Å².